The molecule has 5 rings (SSSR count). The van der Waals surface area contributed by atoms with Crippen LogP contribution in [0.5, 0.6) is 11.5 Å². The maximum absolute atomic E-state index is 13.1. The van der Waals surface area contributed by atoms with Gasteiger partial charge >= 0.3 is 0 Å². The molecule has 2 fully saturated rings. The Labute approximate surface area is 196 Å². The molecule has 2 heterocycles. The molecule has 0 unspecified atom stereocenters. The Morgan fingerprint density at radius 1 is 0.774 bits per heavy atom. The number of ether oxygens (including phenoxy) is 2. The normalized spacial score (nSPS) is 19.1. The average Bonchev–Trinajstić information content (AvgIpc) is 3.02. The minimum atomic E-state index is 0. The number of fused-ring (bicyclic) bond motifs is 3. The minimum Gasteiger partial charge on any atom is -0.490 e. The van der Waals surface area contributed by atoms with Gasteiger partial charge in [-0.2, -0.15) is 0 Å². The summed E-state index contributed by atoms with van der Waals surface area (Å²) >= 11 is 0. The lowest BCUT2D eigenvalue weighted by molar-refractivity contribution is 0.103. The summed E-state index contributed by atoms with van der Waals surface area (Å²) in [4.78, 5) is 15.4. The van der Waals surface area contributed by atoms with E-state index in [1.807, 2.05) is 36.4 Å². The number of rotatable bonds is 4. The molecule has 0 amide bonds. The van der Waals surface area contributed by atoms with Gasteiger partial charge in [-0.1, -0.05) is 0 Å². The molecule has 7 heteroatoms. The Morgan fingerprint density at radius 3 is 1.77 bits per heavy atom. The van der Waals surface area contributed by atoms with Crippen LogP contribution < -0.4 is 14.8 Å². The second-order valence-electron chi connectivity index (χ2n) is 8.43. The quantitative estimate of drug-likeness (QED) is 0.621. The number of ketones is 1. The highest BCUT2D eigenvalue weighted by Gasteiger charge is 2.29. The van der Waals surface area contributed by atoms with Gasteiger partial charge in [0.1, 0.15) is 23.7 Å². The second-order valence-corrected chi connectivity index (χ2v) is 8.43. The minimum absolute atomic E-state index is 0. The number of carbonyl (C=O) groups is 1. The summed E-state index contributed by atoms with van der Waals surface area (Å²) in [6.45, 7) is 4.08. The number of carbonyl (C=O) groups excluding carboxylic acids is 1. The Bertz CT molecular complexity index is 923. The Hall–Kier alpha value is -1.79. The van der Waals surface area contributed by atoms with Gasteiger partial charge in [0.2, 0.25) is 0 Å². The molecule has 0 spiro atoms. The first-order valence-corrected chi connectivity index (χ1v) is 10.7. The molecule has 2 saturated heterocycles. The molecule has 5 nitrogen and oxygen atoms in total. The van der Waals surface area contributed by atoms with Crippen LogP contribution in [0.2, 0.25) is 0 Å². The third-order valence-corrected chi connectivity index (χ3v) is 6.32. The van der Waals surface area contributed by atoms with E-state index < -0.39 is 0 Å². The van der Waals surface area contributed by atoms with Gasteiger partial charge in [0.25, 0.3) is 0 Å². The number of benzene rings is 2. The molecule has 0 radical (unpaired) electrons. The van der Waals surface area contributed by atoms with Crippen LogP contribution in [0.1, 0.15) is 41.6 Å². The number of hydrogen-bond acceptors (Lipinski definition) is 5. The molecule has 0 saturated carbocycles. The summed E-state index contributed by atoms with van der Waals surface area (Å²) in [5, 5.41) is 3.35. The molecule has 2 aliphatic heterocycles. The van der Waals surface area contributed by atoms with Crippen molar-refractivity contribution < 1.29 is 14.3 Å². The van der Waals surface area contributed by atoms with Crippen LogP contribution in [-0.4, -0.2) is 56.1 Å². The molecule has 0 aromatic heterocycles. The predicted octanol–water partition coefficient (Wildman–Crippen LogP) is 4.35. The smallest absolute Gasteiger partial charge is 0.194 e. The first kappa shape index (κ1) is 23.9. The molecule has 2 aromatic carbocycles. The van der Waals surface area contributed by atoms with E-state index in [9.17, 15) is 4.79 Å². The number of likely N-dealkylation sites (tertiary alicyclic amines) is 1. The van der Waals surface area contributed by atoms with Crippen molar-refractivity contribution in [1.82, 2.24) is 10.2 Å². The third-order valence-electron chi connectivity index (χ3n) is 6.32. The van der Waals surface area contributed by atoms with Crippen LogP contribution in [-0.2, 0) is 0 Å². The summed E-state index contributed by atoms with van der Waals surface area (Å²) in [7, 11) is 2.14. The molecular formula is C24H30Cl2N2O3. The Balaban J connectivity index is 0.00000136. The maximum Gasteiger partial charge on any atom is 0.194 e. The van der Waals surface area contributed by atoms with Crippen LogP contribution in [0.25, 0.3) is 11.1 Å². The predicted molar refractivity (Wildman–Crippen MR) is 127 cm³/mol. The third kappa shape index (κ3) is 5.01. The van der Waals surface area contributed by atoms with Crippen molar-refractivity contribution in [2.75, 3.05) is 33.2 Å². The van der Waals surface area contributed by atoms with E-state index in [0.717, 1.165) is 85.6 Å². The molecule has 3 aliphatic rings. The van der Waals surface area contributed by atoms with Crippen LogP contribution in [0.4, 0.5) is 0 Å². The lowest BCUT2D eigenvalue weighted by Crippen LogP contribution is -2.35. The zero-order valence-electron chi connectivity index (χ0n) is 17.8. The lowest BCUT2D eigenvalue weighted by atomic mass is 10.0. The lowest BCUT2D eigenvalue weighted by Gasteiger charge is -2.29. The monoisotopic (exact) mass is 464 g/mol. The SMILES string of the molecule is CN1CCC(Oc2ccc3c(c2)C(=O)c2cc(OC4CCNCC4)ccc2-3)CC1.Cl.Cl. The van der Waals surface area contributed by atoms with Crippen LogP contribution >= 0.6 is 24.8 Å². The summed E-state index contributed by atoms with van der Waals surface area (Å²) in [6, 6.07) is 11.9. The molecule has 31 heavy (non-hydrogen) atoms. The van der Waals surface area contributed by atoms with E-state index in [0.29, 0.717) is 0 Å². The number of halogens is 2. The van der Waals surface area contributed by atoms with Crippen LogP contribution in [0.3, 0.4) is 0 Å². The molecule has 1 aliphatic carbocycles. The molecule has 1 N–H and O–H groups in total. The van der Waals surface area contributed by atoms with Gasteiger partial charge in [0, 0.05) is 24.2 Å². The van der Waals surface area contributed by atoms with E-state index in [-0.39, 0.29) is 42.8 Å². The molecule has 0 bridgehead atoms. The van der Waals surface area contributed by atoms with Crippen molar-refractivity contribution in [2.24, 2.45) is 0 Å². The van der Waals surface area contributed by atoms with Crippen molar-refractivity contribution >= 4 is 30.6 Å². The van der Waals surface area contributed by atoms with E-state index in [4.69, 9.17) is 9.47 Å². The van der Waals surface area contributed by atoms with Crippen molar-refractivity contribution in [3.05, 3.63) is 47.5 Å². The average molecular weight is 465 g/mol. The van der Waals surface area contributed by atoms with Gasteiger partial charge in [0.15, 0.2) is 5.78 Å². The van der Waals surface area contributed by atoms with Crippen LogP contribution in [0.15, 0.2) is 36.4 Å². The van der Waals surface area contributed by atoms with Crippen molar-refractivity contribution in [1.29, 1.82) is 0 Å². The second kappa shape index (κ2) is 10.2. The van der Waals surface area contributed by atoms with E-state index in [1.165, 1.54) is 0 Å². The van der Waals surface area contributed by atoms with E-state index >= 15 is 0 Å². The highest BCUT2D eigenvalue weighted by molar-refractivity contribution is 6.22. The van der Waals surface area contributed by atoms with E-state index in [1.54, 1.807) is 0 Å². The Kier molecular flexibility index (Phi) is 7.87. The fourth-order valence-corrected chi connectivity index (χ4v) is 4.58. The highest BCUT2D eigenvalue weighted by atomic mass is 35.5. The number of hydrogen-bond donors (Lipinski definition) is 1. The van der Waals surface area contributed by atoms with Crippen molar-refractivity contribution in [3.8, 4) is 22.6 Å². The molecule has 168 valence electrons. The summed E-state index contributed by atoms with van der Waals surface area (Å²) in [6.07, 6.45) is 4.51. The molecular weight excluding hydrogens is 435 g/mol. The van der Waals surface area contributed by atoms with Gasteiger partial charge < -0.3 is 19.7 Å². The zero-order chi connectivity index (χ0) is 19.8. The van der Waals surface area contributed by atoms with E-state index in [2.05, 4.69) is 17.3 Å². The molecule has 0 atom stereocenters. The zero-order valence-corrected chi connectivity index (χ0v) is 19.4. The van der Waals surface area contributed by atoms with Gasteiger partial charge in [-0.3, -0.25) is 4.79 Å². The van der Waals surface area contributed by atoms with Crippen molar-refractivity contribution in [2.45, 2.75) is 37.9 Å². The summed E-state index contributed by atoms with van der Waals surface area (Å²) < 4.78 is 12.3. The summed E-state index contributed by atoms with van der Waals surface area (Å²) in [5.74, 6) is 1.66. The first-order valence-electron chi connectivity index (χ1n) is 10.7. The number of piperidine rings is 2. The largest absolute Gasteiger partial charge is 0.490 e. The standard InChI is InChI=1S/C24H28N2O3.2ClH/c1-26-12-8-17(9-13-26)29-19-3-5-21-20-4-2-18(28-16-6-10-25-11-7-16)14-22(20)24(27)23(21)15-19;;/h2-5,14-17,25H,6-13H2,1H3;2*1H. The maximum atomic E-state index is 13.1. The topological polar surface area (TPSA) is 50.8 Å². The molecule has 2 aromatic rings. The highest BCUT2D eigenvalue weighted by Crippen LogP contribution is 2.40. The fraction of sp³-hybridized carbons (Fsp3) is 0.458. The fourth-order valence-electron chi connectivity index (χ4n) is 4.58. The van der Waals surface area contributed by atoms with Gasteiger partial charge in [-0.05, 0) is 93.3 Å². The van der Waals surface area contributed by atoms with Crippen molar-refractivity contribution in [3.63, 3.8) is 0 Å². The van der Waals surface area contributed by atoms with Gasteiger partial charge in [-0.15, -0.1) is 24.8 Å². The number of nitrogens with one attached hydrogen (secondary N) is 1. The van der Waals surface area contributed by atoms with Gasteiger partial charge in [0.05, 0.1) is 0 Å². The van der Waals surface area contributed by atoms with Gasteiger partial charge in [-0.25, -0.2) is 0 Å². The number of nitrogens with zero attached hydrogens (tertiary/aromatic N) is 1. The van der Waals surface area contributed by atoms with Crippen LogP contribution in [0, 0.1) is 0 Å². The summed E-state index contributed by atoms with van der Waals surface area (Å²) in [5.41, 5.74) is 3.47. The Morgan fingerprint density at radius 2 is 1.26 bits per heavy atom. The first-order chi connectivity index (χ1) is 14.2.